The number of aliphatic imine (C=N–C) groups is 1. The molecule has 0 bridgehead atoms. The predicted octanol–water partition coefficient (Wildman–Crippen LogP) is 4.06. The zero-order chi connectivity index (χ0) is 15.1. The molecular weight excluding hydrogens is 253 g/mol. The van der Waals surface area contributed by atoms with Crippen LogP contribution in [0.2, 0.25) is 0 Å². The van der Waals surface area contributed by atoms with Gasteiger partial charge in [0.05, 0.1) is 0 Å². The molecule has 0 spiro atoms. The lowest BCUT2D eigenvalue weighted by atomic mass is 9.96. The van der Waals surface area contributed by atoms with Crippen molar-refractivity contribution in [3.8, 4) is 0 Å². The molecule has 1 aromatic rings. The molecule has 2 nitrogen and oxygen atoms in total. The van der Waals surface area contributed by atoms with E-state index in [4.69, 9.17) is 0 Å². The van der Waals surface area contributed by atoms with E-state index in [1.54, 1.807) is 27.0 Å². The highest BCUT2D eigenvalue weighted by atomic mass is 19.1. The van der Waals surface area contributed by atoms with Gasteiger partial charge in [0.2, 0.25) is 0 Å². The number of aryl methyl sites for hydroxylation is 1. The number of carbonyl (C=O) groups excluding carboxylic acids is 1. The van der Waals surface area contributed by atoms with Gasteiger partial charge in [0.25, 0.3) is 0 Å². The average molecular weight is 275 g/mol. The van der Waals surface area contributed by atoms with Crippen LogP contribution in [0.4, 0.5) is 4.39 Å². The van der Waals surface area contributed by atoms with E-state index in [-0.39, 0.29) is 11.6 Å². The fraction of sp³-hybridized carbons (Fsp3) is 0.412. The van der Waals surface area contributed by atoms with Crippen LogP contribution in [-0.2, 0) is 11.2 Å². The number of allylic oxidation sites excluding steroid dienone is 2. The van der Waals surface area contributed by atoms with E-state index in [2.05, 4.69) is 4.99 Å². The summed E-state index contributed by atoms with van der Waals surface area (Å²) in [5.41, 5.74) is 3.57. The van der Waals surface area contributed by atoms with Crippen LogP contribution in [0.1, 0.15) is 37.8 Å². The Kier molecular flexibility index (Phi) is 6.29. The molecule has 0 aliphatic rings. The number of halogens is 1. The van der Waals surface area contributed by atoms with Gasteiger partial charge in [0.15, 0.2) is 0 Å². The first-order chi connectivity index (χ1) is 9.49. The predicted molar refractivity (Wildman–Crippen MR) is 81.9 cm³/mol. The highest BCUT2D eigenvalue weighted by Gasteiger charge is 2.10. The van der Waals surface area contributed by atoms with E-state index in [9.17, 15) is 9.18 Å². The molecule has 1 aromatic carbocycles. The van der Waals surface area contributed by atoms with Crippen LogP contribution >= 0.6 is 0 Å². The number of hydrogen-bond acceptors (Lipinski definition) is 2. The maximum absolute atomic E-state index is 13.5. The normalized spacial score (nSPS) is 12.7. The van der Waals surface area contributed by atoms with Gasteiger partial charge in [-0.05, 0) is 56.4 Å². The van der Waals surface area contributed by atoms with Crippen molar-refractivity contribution in [2.24, 2.45) is 4.99 Å². The molecule has 0 saturated carbocycles. The highest BCUT2D eigenvalue weighted by Crippen LogP contribution is 2.16. The molecule has 0 aliphatic heterocycles. The summed E-state index contributed by atoms with van der Waals surface area (Å²) in [6.45, 7) is 5.28. The van der Waals surface area contributed by atoms with Gasteiger partial charge >= 0.3 is 0 Å². The van der Waals surface area contributed by atoms with Gasteiger partial charge in [-0.3, -0.25) is 9.79 Å². The number of ketones is 1. The van der Waals surface area contributed by atoms with E-state index in [0.717, 1.165) is 23.3 Å². The van der Waals surface area contributed by atoms with Crippen LogP contribution in [-0.4, -0.2) is 18.5 Å². The quantitative estimate of drug-likeness (QED) is 0.720. The molecule has 1 rings (SSSR count). The maximum atomic E-state index is 13.5. The molecule has 20 heavy (non-hydrogen) atoms. The molecule has 0 aliphatic carbocycles. The maximum Gasteiger partial charge on any atom is 0.134 e. The Labute approximate surface area is 120 Å². The van der Waals surface area contributed by atoms with Crippen LogP contribution in [0, 0.1) is 12.7 Å². The van der Waals surface area contributed by atoms with Gasteiger partial charge < -0.3 is 0 Å². The number of Topliss-reactive ketones (excluding diaryl/α,β-unsaturated/α-hetero) is 1. The van der Waals surface area contributed by atoms with Crippen LogP contribution in [0.25, 0.3) is 0 Å². The van der Waals surface area contributed by atoms with Gasteiger partial charge in [-0.2, -0.15) is 0 Å². The first kappa shape index (κ1) is 16.3. The van der Waals surface area contributed by atoms with Crippen molar-refractivity contribution in [2.45, 2.75) is 40.0 Å². The van der Waals surface area contributed by atoms with E-state index < -0.39 is 0 Å². The van der Waals surface area contributed by atoms with Crippen molar-refractivity contribution in [1.29, 1.82) is 0 Å². The molecule has 0 amide bonds. The highest BCUT2D eigenvalue weighted by molar-refractivity contribution is 6.03. The van der Waals surface area contributed by atoms with E-state index in [0.29, 0.717) is 18.4 Å². The third-order valence-corrected chi connectivity index (χ3v) is 3.44. The lowest BCUT2D eigenvalue weighted by Crippen LogP contribution is -2.09. The van der Waals surface area contributed by atoms with Gasteiger partial charge in [-0.1, -0.05) is 18.2 Å². The largest absolute Gasteiger partial charge is 0.300 e. The summed E-state index contributed by atoms with van der Waals surface area (Å²) in [6, 6.07) is 5.14. The SMILES string of the molecule is C/C=C(/CC(C)=O)C(CCc1cccc(F)c1C)=NC. The summed E-state index contributed by atoms with van der Waals surface area (Å²) >= 11 is 0. The van der Waals surface area contributed by atoms with E-state index >= 15 is 0 Å². The van der Waals surface area contributed by atoms with Crippen LogP contribution < -0.4 is 0 Å². The van der Waals surface area contributed by atoms with Crippen molar-refractivity contribution in [3.63, 3.8) is 0 Å². The van der Waals surface area contributed by atoms with E-state index in [1.807, 2.05) is 19.1 Å². The molecule has 108 valence electrons. The van der Waals surface area contributed by atoms with Crippen LogP contribution in [0.15, 0.2) is 34.8 Å². The molecule has 0 aromatic heterocycles. The van der Waals surface area contributed by atoms with Crippen molar-refractivity contribution in [2.75, 3.05) is 7.05 Å². The van der Waals surface area contributed by atoms with Crippen LogP contribution in [0.3, 0.4) is 0 Å². The summed E-state index contributed by atoms with van der Waals surface area (Å²) < 4.78 is 13.5. The van der Waals surface area contributed by atoms with Gasteiger partial charge in [0.1, 0.15) is 11.6 Å². The number of nitrogens with zero attached hydrogens (tertiary/aromatic N) is 1. The first-order valence-corrected chi connectivity index (χ1v) is 6.84. The van der Waals surface area contributed by atoms with E-state index in [1.165, 1.54) is 6.07 Å². The average Bonchev–Trinajstić information content (AvgIpc) is 2.42. The molecule has 0 N–H and O–H groups in total. The number of hydrogen-bond donors (Lipinski definition) is 0. The van der Waals surface area contributed by atoms with Crippen molar-refractivity contribution >= 4 is 11.5 Å². The summed E-state index contributed by atoms with van der Waals surface area (Å²) in [7, 11) is 1.73. The number of benzene rings is 1. The van der Waals surface area contributed by atoms with Gasteiger partial charge in [0, 0.05) is 19.2 Å². The Morgan fingerprint density at radius 1 is 1.40 bits per heavy atom. The fourth-order valence-corrected chi connectivity index (χ4v) is 2.23. The second-order valence-electron chi connectivity index (χ2n) is 4.89. The molecule has 0 fully saturated rings. The van der Waals surface area contributed by atoms with Crippen molar-refractivity contribution < 1.29 is 9.18 Å². The molecular formula is C17H22FNO. The van der Waals surface area contributed by atoms with Gasteiger partial charge in [-0.15, -0.1) is 0 Å². The summed E-state index contributed by atoms with van der Waals surface area (Å²) in [4.78, 5) is 15.5. The molecule has 0 radical (unpaired) electrons. The summed E-state index contributed by atoms with van der Waals surface area (Å²) in [5.74, 6) is -0.0475. The Balaban J connectivity index is 2.80. The second kappa shape index (κ2) is 7.73. The third-order valence-electron chi connectivity index (χ3n) is 3.44. The number of carbonyl (C=O) groups is 1. The second-order valence-corrected chi connectivity index (χ2v) is 4.89. The molecule has 0 heterocycles. The Morgan fingerprint density at radius 2 is 2.10 bits per heavy atom. The summed E-state index contributed by atoms with van der Waals surface area (Å²) in [5, 5.41) is 0. The third kappa shape index (κ3) is 4.41. The zero-order valence-electron chi connectivity index (χ0n) is 12.7. The Morgan fingerprint density at radius 3 is 2.65 bits per heavy atom. The standard InChI is InChI=1S/C17H22FNO/c1-5-14(11-12(2)20)17(19-4)10-9-15-7-6-8-16(18)13(15)3/h5-8H,9-11H2,1-4H3/b14-5-,19-17?. The fourth-order valence-electron chi connectivity index (χ4n) is 2.23. The van der Waals surface area contributed by atoms with Crippen molar-refractivity contribution in [3.05, 3.63) is 46.8 Å². The molecule has 0 unspecified atom stereocenters. The van der Waals surface area contributed by atoms with Crippen LogP contribution in [0.5, 0.6) is 0 Å². The lowest BCUT2D eigenvalue weighted by molar-refractivity contribution is -0.116. The Hall–Kier alpha value is -1.77. The zero-order valence-corrected chi connectivity index (χ0v) is 12.7. The topological polar surface area (TPSA) is 29.4 Å². The minimum absolute atomic E-state index is 0.126. The minimum atomic E-state index is -0.174. The monoisotopic (exact) mass is 275 g/mol. The first-order valence-electron chi connectivity index (χ1n) is 6.84. The smallest absolute Gasteiger partial charge is 0.134 e. The molecule has 0 saturated heterocycles. The molecule has 0 atom stereocenters. The lowest BCUT2D eigenvalue weighted by Gasteiger charge is -2.11. The van der Waals surface area contributed by atoms with Crippen molar-refractivity contribution in [1.82, 2.24) is 0 Å². The summed E-state index contributed by atoms with van der Waals surface area (Å²) in [6.07, 6.45) is 3.78. The Bertz CT molecular complexity index is 544. The number of rotatable bonds is 6. The molecule has 3 heteroatoms. The van der Waals surface area contributed by atoms with Gasteiger partial charge in [-0.25, -0.2) is 4.39 Å². The minimum Gasteiger partial charge on any atom is -0.300 e.